The molecule has 5 heterocycles. The maximum Gasteiger partial charge on any atom is 0.409 e. The Morgan fingerprint density at radius 1 is 1.28 bits per heavy atom. The number of ether oxygens (including phenoxy) is 1. The van der Waals surface area contributed by atoms with Crippen LogP contribution in [0.3, 0.4) is 0 Å². The molecule has 2 aliphatic rings. The highest BCUT2D eigenvalue weighted by atomic mass is 35.5. The number of furan rings is 1. The normalized spacial score (nSPS) is 20.6. The molecule has 0 spiro atoms. The summed E-state index contributed by atoms with van der Waals surface area (Å²) in [6.45, 7) is 10.6. The number of pyridine rings is 1. The van der Waals surface area contributed by atoms with Gasteiger partial charge in [0.1, 0.15) is 23.0 Å². The average molecular weight is 664 g/mol. The van der Waals surface area contributed by atoms with Crippen molar-refractivity contribution in [2.75, 3.05) is 26.2 Å². The van der Waals surface area contributed by atoms with Gasteiger partial charge in [-0.3, -0.25) is 4.79 Å². The summed E-state index contributed by atoms with van der Waals surface area (Å²) in [6, 6.07) is 10.2. The number of aliphatic hydroxyl groups excluding tert-OH is 1. The molecule has 2 fully saturated rings. The van der Waals surface area contributed by atoms with Crippen molar-refractivity contribution >= 4 is 39.8 Å². The Kier molecular flexibility index (Phi) is 12.7. The number of benzene rings is 1. The van der Waals surface area contributed by atoms with Gasteiger partial charge in [0, 0.05) is 54.5 Å². The number of nitrogens with one attached hydrogen (secondary N) is 2. The number of halogens is 1. The Labute approximate surface area is 281 Å². The zero-order valence-electron chi connectivity index (χ0n) is 27.8. The molecule has 3 N–H and O–H groups in total. The second kappa shape index (κ2) is 16.7. The number of rotatable bonds is 8. The monoisotopic (exact) mass is 663 g/mol. The summed E-state index contributed by atoms with van der Waals surface area (Å²) >= 11 is 6.16. The van der Waals surface area contributed by atoms with Crippen molar-refractivity contribution in [3.63, 3.8) is 0 Å². The Morgan fingerprint density at radius 3 is 2.77 bits per heavy atom. The molecule has 3 atom stereocenters. The number of fused-ring (bicyclic) bond motifs is 3. The second-order valence-electron chi connectivity index (χ2n) is 12.1. The lowest BCUT2D eigenvalue weighted by atomic mass is 9.68. The average Bonchev–Trinajstić information content (AvgIpc) is 3.73. The van der Waals surface area contributed by atoms with Gasteiger partial charge in [-0.15, -0.1) is 0 Å². The number of hydrogen-bond acceptors (Lipinski definition) is 8. The largest absolute Gasteiger partial charge is 0.462 e. The second-order valence-corrected chi connectivity index (χ2v) is 12.6. The molecule has 0 bridgehead atoms. The van der Waals surface area contributed by atoms with E-state index in [0.29, 0.717) is 49.2 Å². The number of piperidine rings is 1. The molecule has 4 aromatic rings. The maximum absolute atomic E-state index is 12.9. The van der Waals surface area contributed by atoms with Crippen molar-refractivity contribution in [2.24, 2.45) is 5.92 Å². The molecule has 3 aromatic heterocycles. The highest BCUT2D eigenvalue weighted by molar-refractivity contribution is 6.30. The van der Waals surface area contributed by atoms with E-state index in [1.165, 1.54) is 18.7 Å². The topological polar surface area (TPSA) is 134 Å². The minimum absolute atomic E-state index is 0.0677. The number of amides is 1. The Balaban J connectivity index is 0.000000947. The third-order valence-corrected chi connectivity index (χ3v) is 9.40. The number of carbonyl (C=O) groups is 1. The van der Waals surface area contributed by atoms with Gasteiger partial charge in [0.05, 0.1) is 17.3 Å². The number of aryl methyl sites for hydroxylation is 1. The van der Waals surface area contributed by atoms with Gasteiger partial charge < -0.3 is 29.5 Å². The third kappa shape index (κ3) is 8.45. The van der Waals surface area contributed by atoms with Crippen LogP contribution in [0.25, 0.3) is 22.1 Å². The summed E-state index contributed by atoms with van der Waals surface area (Å²) < 4.78 is 11.8. The molecule has 0 aliphatic carbocycles. The molecule has 1 aromatic carbocycles. The fraction of sp³-hybridized carbons (Fsp3) is 0.500. The summed E-state index contributed by atoms with van der Waals surface area (Å²) in [5, 5.41) is 12.2. The van der Waals surface area contributed by atoms with E-state index >= 15 is 0 Å². The summed E-state index contributed by atoms with van der Waals surface area (Å²) in [6.07, 6.45) is 12.6. The van der Waals surface area contributed by atoms with Gasteiger partial charge in [-0.25, -0.2) is 14.8 Å². The molecule has 10 nitrogen and oxygen atoms in total. The van der Waals surface area contributed by atoms with Crippen molar-refractivity contribution in [1.82, 2.24) is 25.2 Å². The molecule has 1 amide bonds. The van der Waals surface area contributed by atoms with Gasteiger partial charge in [0.25, 0.3) is 5.56 Å². The van der Waals surface area contributed by atoms with Gasteiger partial charge in [-0.05, 0) is 62.8 Å². The standard InChI is InChI=1S/C32H38ClN5O4.C2H2O.C2H6/c1-20-19-38(14-12-32(20,2)24-16-21(33)18-35-30(24)39)31(40)41-15-6-5-11-27-36-25(17-22-8-7-13-34-22)29-28(37-27)23-9-3-4-10-26(23)42-29;1-2-3;1-2/h3-4,9-10,16,18,20,22,34H,5-8,11-15,17,19H2,1-2H3,(H,35,39);1,3H;1-2H3. The lowest BCUT2D eigenvalue weighted by molar-refractivity contribution is 0.0647. The molecule has 3 unspecified atom stereocenters. The molecule has 0 saturated carbocycles. The fourth-order valence-corrected chi connectivity index (χ4v) is 6.60. The molecule has 2 saturated heterocycles. The number of para-hydroxylation sites is 1. The fourth-order valence-electron chi connectivity index (χ4n) is 6.43. The van der Waals surface area contributed by atoms with E-state index in [4.69, 9.17) is 35.8 Å². The maximum atomic E-state index is 12.9. The van der Waals surface area contributed by atoms with Crippen molar-refractivity contribution in [1.29, 1.82) is 0 Å². The van der Waals surface area contributed by atoms with E-state index in [9.17, 15) is 9.59 Å². The van der Waals surface area contributed by atoms with Crippen LogP contribution < -0.4 is 10.9 Å². The number of unbranched alkanes of at least 4 members (excludes halogenated alkanes) is 1. The van der Waals surface area contributed by atoms with E-state index in [-0.39, 0.29) is 23.0 Å². The molecular weight excluding hydrogens is 618 g/mol. The number of aliphatic hydroxyl groups is 1. The number of carbonyl (C=O) groups excluding carboxylic acids is 1. The van der Waals surface area contributed by atoms with Crippen LogP contribution in [-0.2, 0) is 23.0 Å². The van der Waals surface area contributed by atoms with Crippen LogP contribution in [-0.4, -0.2) is 63.3 Å². The first-order valence-corrected chi connectivity index (χ1v) is 16.9. The molecule has 252 valence electrons. The van der Waals surface area contributed by atoms with Crippen LogP contribution in [0.2, 0.25) is 5.02 Å². The number of nitrogens with zero attached hydrogens (tertiary/aromatic N) is 3. The lowest BCUT2D eigenvalue weighted by Crippen LogP contribution is -2.51. The quantitative estimate of drug-likeness (QED) is 0.139. The molecule has 6 rings (SSSR count). The predicted octanol–water partition coefficient (Wildman–Crippen LogP) is 6.75. The number of terminal acetylenes is 1. The van der Waals surface area contributed by atoms with Crippen molar-refractivity contribution < 1.29 is 19.1 Å². The van der Waals surface area contributed by atoms with Crippen molar-refractivity contribution in [3.8, 4) is 12.5 Å². The summed E-state index contributed by atoms with van der Waals surface area (Å²) in [4.78, 5) is 39.7. The number of hydrogen-bond donors (Lipinski definition) is 3. The zero-order valence-corrected chi connectivity index (χ0v) is 28.5. The first-order valence-electron chi connectivity index (χ1n) is 16.5. The summed E-state index contributed by atoms with van der Waals surface area (Å²) in [7, 11) is 0. The van der Waals surface area contributed by atoms with E-state index in [2.05, 4.69) is 30.6 Å². The number of aromatic amines is 1. The number of aromatic nitrogens is 3. The Morgan fingerprint density at radius 2 is 2.04 bits per heavy atom. The van der Waals surface area contributed by atoms with Crippen LogP contribution in [0.4, 0.5) is 4.79 Å². The molecular formula is C36H46ClN5O5. The van der Waals surface area contributed by atoms with Crippen LogP contribution in [0.15, 0.2) is 45.7 Å². The highest BCUT2D eigenvalue weighted by Gasteiger charge is 2.41. The predicted molar refractivity (Wildman–Crippen MR) is 185 cm³/mol. The lowest BCUT2D eigenvalue weighted by Gasteiger charge is -2.44. The van der Waals surface area contributed by atoms with Crippen LogP contribution in [0, 0.1) is 18.4 Å². The van der Waals surface area contributed by atoms with E-state index in [1.54, 1.807) is 11.0 Å². The minimum atomic E-state index is -0.372. The van der Waals surface area contributed by atoms with Crippen LogP contribution >= 0.6 is 11.6 Å². The van der Waals surface area contributed by atoms with E-state index in [0.717, 1.165) is 65.8 Å². The Hall–Kier alpha value is -4.07. The first-order chi connectivity index (χ1) is 22.7. The Bertz CT molecular complexity index is 1740. The van der Waals surface area contributed by atoms with Crippen molar-refractivity contribution in [3.05, 3.63) is 69.0 Å². The molecule has 0 radical (unpaired) electrons. The third-order valence-electron chi connectivity index (χ3n) is 9.18. The van der Waals surface area contributed by atoms with Gasteiger partial charge in [-0.2, -0.15) is 0 Å². The van der Waals surface area contributed by atoms with Crippen LogP contribution in [0.1, 0.15) is 76.9 Å². The molecule has 47 heavy (non-hydrogen) atoms. The summed E-state index contributed by atoms with van der Waals surface area (Å²) in [5.41, 5.74) is 3.62. The molecule has 11 heteroatoms. The van der Waals surface area contributed by atoms with Gasteiger partial charge in [-0.1, -0.05) is 57.9 Å². The number of likely N-dealkylation sites (tertiary alicyclic amines) is 1. The van der Waals surface area contributed by atoms with E-state index in [1.807, 2.05) is 38.1 Å². The number of H-pyrrole nitrogens is 1. The summed E-state index contributed by atoms with van der Waals surface area (Å²) in [5.74, 6) is 0.867. The highest BCUT2D eigenvalue weighted by Crippen LogP contribution is 2.38. The van der Waals surface area contributed by atoms with Crippen molar-refractivity contribution in [2.45, 2.75) is 84.1 Å². The van der Waals surface area contributed by atoms with E-state index < -0.39 is 0 Å². The zero-order chi connectivity index (χ0) is 34.0. The SMILES string of the molecule is C#CO.CC.CC1CN(C(=O)OCCCCc2nc(CC3CCCN3)c3oc4ccccc4c3n2)CCC1(C)c1cc(Cl)c[nH]c1=O. The van der Waals surface area contributed by atoms with Gasteiger partial charge >= 0.3 is 6.09 Å². The first kappa shape index (κ1) is 35.8. The van der Waals surface area contributed by atoms with Gasteiger partial charge in [0.2, 0.25) is 0 Å². The van der Waals surface area contributed by atoms with Gasteiger partial charge in [0.15, 0.2) is 5.58 Å². The van der Waals surface area contributed by atoms with Crippen LogP contribution in [0.5, 0.6) is 0 Å². The molecule has 2 aliphatic heterocycles. The smallest absolute Gasteiger partial charge is 0.409 e. The minimum Gasteiger partial charge on any atom is -0.462 e.